The average Bonchev–Trinajstić information content (AvgIpc) is 2.80. The maximum absolute atomic E-state index is 11.9. The van der Waals surface area contributed by atoms with E-state index in [0.717, 1.165) is 5.56 Å². The normalized spacial score (nSPS) is 11.2. The van der Waals surface area contributed by atoms with Gasteiger partial charge in [-0.05, 0) is 19.1 Å². The van der Waals surface area contributed by atoms with E-state index in [4.69, 9.17) is 16.3 Å². The number of rotatable bonds is 4. The van der Waals surface area contributed by atoms with Gasteiger partial charge in [0.05, 0.1) is 0 Å². The van der Waals surface area contributed by atoms with Crippen molar-refractivity contribution in [3.63, 3.8) is 0 Å². The molecule has 8 heteroatoms. The summed E-state index contributed by atoms with van der Waals surface area (Å²) in [6, 6.07) is 3.63. The predicted octanol–water partition coefficient (Wildman–Crippen LogP) is 3.38. The Morgan fingerprint density at radius 2 is 2.18 bits per heavy atom. The van der Waals surface area contributed by atoms with Gasteiger partial charge in [-0.3, -0.25) is 14.6 Å². The molecule has 0 aliphatic heterocycles. The Morgan fingerprint density at radius 1 is 1.45 bits per heavy atom. The fraction of sp³-hybridized carbons (Fsp3) is 0.286. The Labute approximate surface area is 137 Å². The van der Waals surface area contributed by atoms with Crippen LogP contribution in [0, 0.1) is 0 Å². The molecule has 0 spiro atoms. The molecule has 1 unspecified atom stereocenters. The largest absolute Gasteiger partial charge is 0.453 e. The third-order valence-electron chi connectivity index (χ3n) is 2.44. The van der Waals surface area contributed by atoms with Crippen LogP contribution in [0.5, 0.6) is 0 Å². The summed E-state index contributed by atoms with van der Waals surface area (Å²) in [7, 11) is 0. The highest BCUT2D eigenvalue weighted by molar-refractivity contribution is 7.19. The van der Waals surface area contributed by atoms with Gasteiger partial charge in [-0.1, -0.05) is 30.4 Å². The summed E-state index contributed by atoms with van der Waals surface area (Å²) in [5, 5.41) is 3.82. The van der Waals surface area contributed by atoms with Gasteiger partial charge in [-0.2, -0.15) is 0 Å². The third kappa shape index (κ3) is 4.51. The van der Waals surface area contributed by atoms with Crippen LogP contribution in [0.2, 0.25) is 5.15 Å². The van der Waals surface area contributed by atoms with Crippen LogP contribution in [0.3, 0.4) is 0 Å². The predicted molar refractivity (Wildman–Crippen MR) is 86.9 cm³/mol. The molecule has 2 rings (SSSR count). The van der Waals surface area contributed by atoms with Crippen LogP contribution in [-0.4, -0.2) is 27.9 Å². The number of carbonyl (C=O) groups excluding carboxylic acids is 2. The summed E-state index contributed by atoms with van der Waals surface area (Å²) < 4.78 is 4.80. The van der Waals surface area contributed by atoms with E-state index in [0.29, 0.717) is 10.0 Å². The molecule has 0 aromatic carbocycles. The first-order valence-electron chi connectivity index (χ1n) is 6.02. The van der Waals surface area contributed by atoms with Gasteiger partial charge < -0.3 is 10.1 Å². The lowest BCUT2D eigenvalue weighted by Crippen LogP contribution is -2.28. The number of hydrogen-bond donors (Lipinski definition) is 1. The molecule has 2 aromatic rings. The topological polar surface area (TPSA) is 81.2 Å². The maximum atomic E-state index is 11.9. The molecule has 1 N–H and O–H groups in total. The molecule has 0 radical (unpaired) electrons. The van der Waals surface area contributed by atoms with Gasteiger partial charge in [-0.15, -0.1) is 0 Å². The summed E-state index contributed by atoms with van der Waals surface area (Å²) in [6.45, 7) is 2.72. The van der Waals surface area contributed by atoms with Crippen molar-refractivity contribution in [3.05, 3.63) is 29.7 Å². The van der Waals surface area contributed by atoms with Crippen molar-refractivity contribution >= 4 is 39.8 Å². The minimum Gasteiger partial charge on any atom is -0.453 e. The SMILES string of the molecule is C.CC(=O)OC(C)C(=O)Nc1sc(-c2cccnc2)nc1Cl. The van der Waals surface area contributed by atoms with Crippen LogP contribution in [0.4, 0.5) is 5.00 Å². The summed E-state index contributed by atoms with van der Waals surface area (Å²) in [5.74, 6) is -0.988. The van der Waals surface area contributed by atoms with Crippen LogP contribution >= 0.6 is 22.9 Å². The van der Waals surface area contributed by atoms with Crippen molar-refractivity contribution in [3.8, 4) is 10.6 Å². The van der Waals surface area contributed by atoms with E-state index in [-0.39, 0.29) is 12.6 Å². The van der Waals surface area contributed by atoms with Crippen molar-refractivity contribution in [2.45, 2.75) is 27.4 Å². The third-order valence-corrected chi connectivity index (χ3v) is 3.85. The van der Waals surface area contributed by atoms with E-state index >= 15 is 0 Å². The highest BCUT2D eigenvalue weighted by atomic mass is 35.5. The number of aromatic nitrogens is 2. The second-order valence-electron chi connectivity index (χ2n) is 4.12. The lowest BCUT2D eigenvalue weighted by molar-refractivity contribution is -0.150. The van der Waals surface area contributed by atoms with Crippen molar-refractivity contribution < 1.29 is 14.3 Å². The number of pyridine rings is 1. The van der Waals surface area contributed by atoms with E-state index in [2.05, 4.69) is 15.3 Å². The molecule has 0 aliphatic rings. The van der Waals surface area contributed by atoms with E-state index in [1.54, 1.807) is 18.5 Å². The molecule has 2 heterocycles. The van der Waals surface area contributed by atoms with Gasteiger partial charge in [0.2, 0.25) is 0 Å². The van der Waals surface area contributed by atoms with Gasteiger partial charge in [0, 0.05) is 24.9 Å². The number of nitrogens with zero attached hydrogens (tertiary/aromatic N) is 2. The van der Waals surface area contributed by atoms with Crippen LogP contribution < -0.4 is 5.32 Å². The number of nitrogens with one attached hydrogen (secondary N) is 1. The van der Waals surface area contributed by atoms with Crippen molar-refractivity contribution in [2.24, 2.45) is 0 Å². The Balaban J connectivity index is 0.00000242. The zero-order valence-corrected chi connectivity index (χ0v) is 12.9. The fourth-order valence-electron chi connectivity index (χ4n) is 1.51. The number of halogens is 1. The Bertz CT molecular complexity index is 661. The number of esters is 1. The fourth-order valence-corrected chi connectivity index (χ4v) is 2.66. The molecule has 0 aliphatic carbocycles. The molecule has 0 saturated heterocycles. The van der Waals surface area contributed by atoms with E-state index in [9.17, 15) is 9.59 Å². The summed E-state index contributed by atoms with van der Waals surface area (Å²) in [5.41, 5.74) is 0.804. The van der Waals surface area contributed by atoms with Crippen LogP contribution in [-0.2, 0) is 14.3 Å². The molecule has 2 aromatic heterocycles. The maximum Gasteiger partial charge on any atom is 0.303 e. The van der Waals surface area contributed by atoms with E-state index in [1.807, 2.05) is 6.07 Å². The average molecular weight is 342 g/mol. The molecule has 1 atom stereocenters. The highest BCUT2D eigenvalue weighted by Gasteiger charge is 2.19. The number of thiazole rings is 1. The first kappa shape index (κ1) is 18.1. The second-order valence-corrected chi connectivity index (χ2v) is 5.48. The first-order chi connectivity index (χ1) is 9.97. The molecule has 6 nitrogen and oxygen atoms in total. The van der Waals surface area contributed by atoms with Gasteiger partial charge >= 0.3 is 5.97 Å². The van der Waals surface area contributed by atoms with Gasteiger partial charge in [0.25, 0.3) is 5.91 Å². The Kier molecular flexibility index (Phi) is 6.45. The molecule has 118 valence electrons. The minimum absolute atomic E-state index is 0. The zero-order valence-electron chi connectivity index (χ0n) is 11.3. The smallest absolute Gasteiger partial charge is 0.303 e. The van der Waals surface area contributed by atoms with Crippen molar-refractivity contribution in [1.29, 1.82) is 0 Å². The van der Waals surface area contributed by atoms with Gasteiger partial charge in [0.15, 0.2) is 11.3 Å². The standard InChI is InChI=1S/C13H12ClN3O3S.CH4/c1-7(20-8(2)18)11(19)17-13-10(14)16-12(21-13)9-4-3-5-15-6-9;/h3-7H,1-2H3,(H,17,19);1H4. The molecular weight excluding hydrogens is 326 g/mol. The second kappa shape index (κ2) is 7.86. The van der Waals surface area contributed by atoms with Gasteiger partial charge in [0.1, 0.15) is 10.0 Å². The van der Waals surface area contributed by atoms with Crippen LogP contribution in [0.25, 0.3) is 10.6 Å². The molecule has 0 saturated carbocycles. The lowest BCUT2D eigenvalue weighted by atomic mass is 10.3. The molecule has 1 amide bonds. The number of carbonyl (C=O) groups is 2. The van der Waals surface area contributed by atoms with E-state index < -0.39 is 18.0 Å². The molecular formula is C14H16ClN3O3S. The lowest BCUT2D eigenvalue weighted by Gasteiger charge is -2.10. The summed E-state index contributed by atoms with van der Waals surface area (Å²) in [4.78, 5) is 30.9. The molecule has 0 fully saturated rings. The highest BCUT2D eigenvalue weighted by Crippen LogP contribution is 2.34. The van der Waals surface area contributed by atoms with E-state index in [1.165, 1.54) is 25.2 Å². The van der Waals surface area contributed by atoms with Crippen LogP contribution in [0.1, 0.15) is 21.3 Å². The number of ether oxygens (including phenoxy) is 1. The van der Waals surface area contributed by atoms with Crippen molar-refractivity contribution in [1.82, 2.24) is 9.97 Å². The zero-order chi connectivity index (χ0) is 15.4. The Hall–Kier alpha value is -1.99. The number of amides is 1. The minimum atomic E-state index is -0.900. The Morgan fingerprint density at radius 3 is 2.77 bits per heavy atom. The monoisotopic (exact) mass is 341 g/mol. The summed E-state index contributed by atoms with van der Waals surface area (Å²) in [6.07, 6.45) is 2.41. The first-order valence-corrected chi connectivity index (χ1v) is 7.21. The molecule has 22 heavy (non-hydrogen) atoms. The summed E-state index contributed by atoms with van der Waals surface area (Å²) >= 11 is 7.23. The molecule has 0 bridgehead atoms. The van der Waals surface area contributed by atoms with Crippen LogP contribution in [0.15, 0.2) is 24.5 Å². The number of anilines is 1. The van der Waals surface area contributed by atoms with Crippen molar-refractivity contribution in [2.75, 3.05) is 5.32 Å². The quantitative estimate of drug-likeness (QED) is 0.862. The van der Waals surface area contributed by atoms with Gasteiger partial charge in [-0.25, -0.2) is 4.98 Å². The number of hydrogen-bond acceptors (Lipinski definition) is 6.